The van der Waals surface area contributed by atoms with Gasteiger partial charge in [0, 0.05) is 0 Å². The van der Waals surface area contributed by atoms with Crippen molar-refractivity contribution in [3.05, 3.63) is 0 Å². The number of hydrogen-bond donors (Lipinski definition) is 8. The largest absolute Gasteiger partial charge is 0.480 e. The molecule has 0 spiro atoms. The number of carboxylic acids is 1. The molecule has 0 saturated carbocycles. The minimum absolute atomic E-state index is 0.0965. The van der Waals surface area contributed by atoms with Crippen LogP contribution in [0.15, 0.2) is 0 Å². The molecule has 0 fully saturated rings. The quantitative estimate of drug-likeness (QED) is 0.128. The smallest absolute Gasteiger partial charge is 0.326 e. The molecule has 13 nitrogen and oxygen atoms in total. The molecule has 11 N–H and O–H groups in total. The molecule has 4 unspecified atom stereocenters. The number of aliphatic carboxylic acids is 1. The predicted octanol–water partition coefficient (Wildman–Crippen LogP) is -4.13. The van der Waals surface area contributed by atoms with Gasteiger partial charge in [0.2, 0.25) is 23.6 Å². The van der Waals surface area contributed by atoms with Crippen LogP contribution in [0.1, 0.15) is 32.6 Å². The van der Waals surface area contributed by atoms with Crippen LogP contribution in [0.4, 0.5) is 0 Å². The first-order valence-electron chi connectivity index (χ1n) is 9.02. The molecule has 0 aliphatic carbocycles. The average Bonchev–Trinajstić information content (AvgIpc) is 2.63. The molecule has 0 aliphatic rings. The van der Waals surface area contributed by atoms with Crippen molar-refractivity contribution in [3.63, 3.8) is 0 Å². The van der Waals surface area contributed by atoms with E-state index >= 15 is 0 Å². The molecule has 0 aromatic rings. The first kappa shape index (κ1) is 26.2. The van der Waals surface area contributed by atoms with Gasteiger partial charge in [-0.15, -0.1) is 0 Å². The van der Waals surface area contributed by atoms with Gasteiger partial charge in [0.15, 0.2) is 0 Å². The van der Waals surface area contributed by atoms with Crippen LogP contribution < -0.4 is 33.2 Å². The van der Waals surface area contributed by atoms with Crippen LogP contribution >= 0.6 is 0 Å². The molecule has 29 heavy (non-hydrogen) atoms. The van der Waals surface area contributed by atoms with E-state index in [2.05, 4.69) is 16.0 Å². The maximum absolute atomic E-state index is 12.4. The summed E-state index contributed by atoms with van der Waals surface area (Å²) in [5.74, 6) is -4.87. The lowest BCUT2D eigenvalue weighted by atomic mass is 10.1. The fraction of sp³-hybridized carbons (Fsp3) is 0.688. The van der Waals surface area contributed by atoms with E-state index in [-0.39, 0.29) is 6.42 Å². The third-order valence-corrected chi connectivity index (χ3v) is 3.83. The number of carbonyl (C=O) groups excluding carboxylic acids is 4. The van der Waals surface area contributed by atoms with E-state index in [1.165, 1.54) is 6.92 Å². The number of carbonyl (C=O) groups is 5. The summed E-state index contributed by atoms with van der Waals surface area (Å²) in [5.41, 5.74) is 15.8. The Kier molecular flexibility index (Phi) is 12.1. The minimum Gasteiger partial charge on any atom is -0.480 e. The molecule has 0 aromatic heterocycles. The highest BCUT2D eigenvalue weighted by molar-refractivity contribution is 5.96. The van der Waals surface area contributed by atoms with E-state index in [1.807, 2.05) is 0 Å². The van der Waals surface area contributed by atoms with E-state index in [0.29, 0.717) is 19.4 Å². The van der Waals surface area contributed by atoms with Gasteiger partial charge in [0.05, 0.1) is 19.1 Å². The fourth-order valence-corrected chi connectivity index (χ4v) is 2.20. The van der Waals surface area contributed by atoms with Crippen LogP contribution in [0.3, 0.4) is 0 Å². The van der Waals surface area contributed by atoms with Gasteiger partial charge in [-0.05, 0) is 32.7 Å². The number of rotatable bonds is 14. The van der Waals surface area contributed by atoms with Crippen molar-refractivity contribution < 1.29 is 34.2 Å². The number of hydrogen-bond acceptors (Lipinski definition) is 8. The number of primary amides is 1. The second-order valence-electron chi connectivity index (χ2n) is 6.45. The molecule has 4 amide bonds. The van der Waals surface area contributed by atoms with Gasteiger partial charge in [-0.25, -0.2) is 4.79 Å². The van der Waals surface area contributed by atoms with Crippen molar-refractivity contribution >= 4 is 29.6 Å². The lowest BCUT2D eigenvalue weighted by molar-refractivity contribution is -0.142. The number of nitrogens with one attached hydrogen (secondary N) is 3. The fourth-order valence-electron chi connectivity index (χ4n) is 2.20. The lowest BCUT2D eigenvalue weighted by Gasteiger charge is -2.23. The van der Waals surface area contributed by atoms with Gasteiger partial charge in [-0.3, -0.25) is 19.2 Å². The van der Waals surface area contributed by atoms with E-state index in [4.69, 9.17) is 17.2 Å². The van der Waals surface area contributed by atoms with E-state index in [9.17, 15) is 34.2 Å². The van der Waals surface area contributed by atoms with E-state index in [1.54, 1.807) is 0 Å². The molecule has 0 rings (SSSR count). The lowest BCUT2D eigenvalue weighted by Crippen LogP contribution is -2.58. The highest BCUT2D eigenvalue weighted by Gasteiger charge is 2.30. The molecule has 0 saturated heterocycles. The van der Waals surface area contributed by atoms with E-state index in [0.717, 1.165) is 0 Å². The summed E-state index contributed by atoms with van der Waals surface area (Å²) in [5, 5.41) is 25.1. The van der Waals surface area contributed by atoms with Crippen LogP contribution in [-0.4, -0.2) is 77.1 Å². The second kappa shape index (κ2) is 13.4. The number of aliphatic hydroxyl groups excluding tert-OH is 1. The maximum Gasteiger partial charge on any atom is 0.326 e. The number of nitrogens with two attached hydrogens (primary N) is 3. The highest BCUT2D eigenvalue weighted by atomic mass is 16.4. The Morgan fingerprint density at radius 2 is 1.41 bits per heavy atom. The standard InChI is InChI=1S/C16H30N6O7/c1-8(18)13(25)22-11(7-23)15(27)21-10(6-12(19)24)14(26)20-9(16(28)29)4-2-3-5-17/h8-11,23H,2-7,17-18H2,1H3,(H2,19,24)(H,20,26)(H,21,27)(H,22,25)(H,28,29). The maximum atomic E-state index is 12.4. The van der Waals surface area contributed by atoms with Gasteiger partial charge in [-0.2, -0.15) is 0 Å². The van der Waals surface area contributed by atoms with Crippen LogP contribution in [0.2, 0.25) is 0 Å². The van der Waals surface area contributed by atoms with Crippen molar-refractivity contribution in [2.45, 2.75) is 56.8 Å². The summed E-state index contributed by atoms with van der Waals surface area (Å²) in [6.45, 7) is 0.921. The number of carboxylic acid groups (broad SMARTS) is 1. The van der Waals surface area contributed by atoms with Gasteiger partial charge >= 0.3 is 5.97 Å². The SMILES string of the molecule is CC(N)C(=O)NC(CO)C(=O)NC(CC(N)=O)C(=O)NC(CCCCN)C(=O)O. The third kappa shape index (κ3) is 10.4. The monoisotopic (exact) mass is 418 g/mol. The molecule has 0 aliphatic heterocycles. The molecular formula is C16H30N6O7. The van der Waals surface area contributed by atoms with Crippen molar-refractivity contribution in [1.29, 1.82) is 0 Å². The molecule has 0 aromatic carbocycles. The Balaban J connectivity index is 5.18. The number of unbranched alkanes of at least 4 members (excludes halogenated alkanes) is 1. The summed E-state index contributed by atoms with van der Waals surface area (Å²) in [6.07, 6.45) is 0.473. The molecule has 0 heterocycles. The molecule has 0 radical (unpaired) electrons. The summed E-state index contributed by atoms with van der Waals surface area (Å²) in [4.78, 5) is 58.9. The van der Waals surface area contributed by atoms with Crippen molar-refractivity contribution in [1.82, 2.24) is 16.0 Å². The summed E-state index contributed by atoms with van der Waals surface area (Å²) >= 11 is 0. The predicted molar refractivity (Wildman–Crippen MR) is 101 cm³/mol. The Hall–Kier alpha value is -2.77. The van der Waals surface area contributed by atoms with Crippen molar-refractivity contribution in [3.8, 4) is 0 Å². The van der Waals surface area contributed by atoms with Crippen LogP contribution in [0.5, 0.6) is 0 Å². The zero-order valence-electron chi connectivity index (χ0n) is 16.2. The summed E-state index contributed by atoms with van der Waals surface area (Å²) < 4.78 is 0. The van der Waals surface area contributed by atoms with Gasteiger partial charge in [0.1, 0.15) is 18.1 Å². The first-order chi connectivity index (χ1) is 13.5. The zero-order valence-corrected chi connectivity index (χ0v) is 16.2. The third-order valence-electron chi connectivity index (χ3n) is 3.83. The molecule has 0 bridgehead atoms. The minimum atomic E-state index is -1.50. The van der Waals surface area contributed by atoms with Crippen LogP contribution in [0.25, 0.3) is 0 Å². The molecular weight excluding hydrogens is 388 g/mol. The molecule has 166 valence electrons. The van der Waals surface area contributed by atoms with Gasteiger partial charge in [-0.1, -0.05) is 0 Å². The molecule has 13 heteroatoms. The molecule has 4 atom stereocenters. The van der Waals surface area contributed by atoms with Crippen LogP contribution in [-0.2, 0) is 24.0 Å². The Bertz CT molecular complexity index is 598. The number of amides is 4. The Morgan fingerprint density at radius 3 is 1.86 bits per heavy atom. The van der Waals surface area contributed by atoms with Crippen molar-refractivity contribution in [2.24, 2.45) is 17.2 Å². The number of aliphatic hydroxyl groups is 1. The topological polar surface area (TPSA) is 240 Å². The van der Waals surface area contributed by atoms with Gasteiger partial charge in [0.25, 0.3) is 0 Å². The van der Waals surface area contributed by atoms with E-state index < -0.39 is 66.8 Å². The highest BCUT2D eigenvalue weighted by Crippen LogP contribution is 2.03. The Labute approximate surface area is 167 Å². The zero-order chi connectivity index (χ0) is 22.6. The van der Waals surface area contributed by atoms with Gasteiger partial charge < -0.3 is 43.4 Å². The average molecular weight is 418 g/mol. The summed E-state index contributed by atoms with van der Waals surface area (Å²) in [6, 6.07) is -5.15. The first-order valence-corrected chi connectivity index (χ1v) is 9.02. The van der Waals surface area contributed by atoms with Crippen molar-refractivity contribution in [2.75, 3.05) is 13.2 Å². The normalized spacial score (nSPS) is 14.8. The summed E-state index contributed by atoms with van der Waals surface area (Å²) in [7, 11) is 0. The van der Waals surface area contributed by atoms with Crippen LogP contribution in [0, 0.1) is 0 Å². The Morgan fingerprint density at radius 1 is 0.897 bits per heavy atom. The second-order valence-corrected chi connectivity index (χ2v) is 6.45.